The summed E-state index contributed by atoms with van der Waals surface area (Å²) in [5, 5.41) is 11.5. The molecule has 1 aromatic heterocycles. The van der Waals surface area contributed by atoms with Gasteiger partial charge in [0, 0.05) is 43.9 Å². The molecule has 0 aliphatic carbocycles. The van der Waals surface area contributed by atoms with Crippen LogP contribution in [0.3, 0.4) is 0 Å². The van der Waals surface area contributed by atoms with E-state index in [1.165, 1.54) is 0 Å². The van der Waals surface area contributed by atoms with Gasteiger partial charge in [-0.05, 0) is 19.8 Å². The molecular formula is C13H20N2O3S. The maximum atomic E-state index is 11.9. The molecule has 0 fully saturated rings. The second kappa shape index (κ2) is 8.63. The molecule has 19 heavy (non-hydrogen) atoms. The van der Waals surface area contributed by atoms with E-state index in [1.807, 2.05) is 17.2 Å². The Morgan fingerprint density at radius 3 is 2.68 bits per heavy atom. The van der Waals surface area contributed by atoms with Crippen molar-refractivity contribution in [3.63, 3.8) is 0 Å². The molecule has 0 aromatic carbocycles. The number of carboxylic acid groups (broad SMARTS) is 1. The Morgan fingerprint density at radius 2 is 2.11 bits per heavy atom. The van der Waals surface area contributed by atoms with Crippen LogP contribution in [0.15, 0.2) is 11.6 Å². The van der Waals surface area contributed by atoms with Gasteiger partial charge in [0.2, 0.25) is 5.91 Å². The van der Waals surface area contributed by atoms with E-state index in [9.17, 15) is 9.59 Å². The third-order valence-electron chi connectivity index (χ3n) is 2.84. The number of carboxylic acids is 1. The predicted molar refractivity (Wildman–Crippen MR) is 74.2 cm³/mol. The standard InChI is InChI=1S/C13H20N2O3S/c1-2-15(9-7-11-14-8-10-19-11)12(16)5-3-4-6-13(17)18/h8,10H,2-7,9H2,1H3,(H,17,18). The third-order valence-corrected chi connectivity index (χ3v) is 3.68. The number of aliphatic carboxylic acids is 1. The van der Waals surface area contributed by atoms with Crippen LogP contribution in [0.1, 0.15) is 37.6 Å². The average Bonchev–Trinajstić information content (AvgIpc) is 2.88. The number of likely N-dealkylation sites (N-methyl/N-ethyl adjacent to an activating group) is 1. The van der Waals surface area contributed by atoms with Gasteiger partial charge in [-0.3, -0.25) is 9.59 Å². The van der Waals surface area contributed by atoms with E-state index in [0.29, 0.717) is 32.4 Å². The van der Waals surface area contributed by atoms with Gasteiger partial charge in [0.15, 0.2) is 0 Å². The van der Waals surface area contributed by atoms with Crippen LogP contribution in [-0.2, 0) is 16.0 Å². The number of rotatable bonds is 9. The van der Waals surface area contributed by atoms with Crippen LogP contribution < -0.4 is 0 Å². The lowest BCUT2D eigenvalue weighted by molar-refractivity contribution is -0.137. The zero-order chi connectivity index (χ0) is 14.1. The first-order chi connectivity index (χ1) is 9.13. The molecule has 0 spiro atoms. The van der Waals surface area contributed by atoms with Crippen molar-refractivity contribution >= 4 is 23.2 Å². The van der Waals surface area contributed by atoms with Gasteiger partial charge < -0.3 is 10.0 Å². The Hall–Kier alpha value is -1.43. The number of hydrogen-bond acceptors (Lipinski definition) is 4. The Morgan fingerprint density at radius 1 is 1.37 bits per heavy atom. The average molecular weight is 284 g/mol. The summed E-state index contributed by atoms with van der Waals surface area (Å²) in [4.78, 5) is 28.3. The maximum absolute atomic E-state index is 11.9. The zero-order valence-electron chi connectivity index (χ0n) is 11.2. The summed E-state index contributed by atoms with van der Waals surface area (Å²) in [6.07, 6.45) is 4.32. The number of nitrogens with zero attached hydrogens (tertiary/aromatic N) is 2. The molecule has 1 rings (SSSR count). The van der Waals surface area contributed by atoms with Crippen LogP contribution >= 0.6 is 11.3 Å². The van der Waals surface area contributed by atoms with Crippen molar-refractivity contribution in [3.8, 4) is 0 Å². The molecule has 6 heteroatoms. The van der Waals surface area contributed by atoms with Crippen LogP contribution in [0.5, 0.6) is 0 Å². The summed E-state index contributed by atoms with van der Waals surface area (Å²) >= 11 is 1.60. The molecule has 1 aromatic rings. The second-order valence-corrected chi connectivity index (χ2v) is 5.23. The summed E-state index contributed by atoms with van der Waals surface area (Å²) in [5.41, 5.74) is 0. The van der Waals surface area contributed by atoms with Crippen LogP contribution in [0, 0.1) is 0 Å². The van der Waals surface area contributed by atoms with Gasteiger partial charge >= 0.3 is 5.97 Å². The molecule has 0 bridgehead atoms. The Kier molecular flexibility index (Phi) is 7.10. The predicted octanol–water partition coefficient (Wildman–Crippen LogP) is 2.18. The largest absolute Gasteiger partial charge is 0.481 e. The van der Waals surface area contributed by atoms with E-state index < -0.39 is 5.97 Å². The normalized spacial score (nSPS) is 10.4. The van der Waals surface area contributed by atoms with Crippen molar-refractivity contribution in [1.29, 1.82) is 0 Å². The third kappa shape index (κ3) is 6.33. The highest BCUT2D eigenvalue weighted by Crippen LogP contribution is 2.08. The Labute approximate surface area is 117 Å². The first-order valence-electron chi connectivity index (χ1n) is 6.51. The van der Waals surface area contributed by atoms with Gasteiger partial charge in [-0.2, -0.15) is 0 Å². The molecule has 0 saturated carbocycles. The summed E-state index contributed by atoms with van der Waals surface area (Å²) in [7, 11) is 0. The topological polar surface area (TPSA) is 70.5 Å². The molecule has 5 nitrogen and oxygen atoms in total. The molecular weight excluding hydrogens is 264 g/mol. The van der Waals surface area contributed by atoms with Gasteiger partial charge in [-0.25, -0.2) is 4.98 Å². The summed E-state index contributed by atoms with van der Waals surface area (Å²) in [6, 6.07) is 0. The Balaban J connectivity index is 2.25. The molecule has 1 heterocycles. The fourth-order valence-corrected chi connectivity index (χ4v) is 2.39. The van der Waals surface area contributed by atoms with E-state index in [2.05, 4.69) is 4.98 Å². The molecule has 106 valence electrons. The number of thiazole rings is 1. The fraction of sp³-hybridized carbons (Fsp3) is 0.615. The molecule has 0 saturated heterocycles. The number of unbranched alkanes of at least 4 members (excludes halogenated alkanes) is 1. The van der Waals surface area contributed by atoms with Crippen molar-refractivity contribution in [2.45, 2.75) is 39.0 Å². The van der Waals surface area contributed by atoms with E-state index >= 15 is 0 Å². The van der Waals surface area contributed by atoms with Gasteiger partial charge in [0.1, 0.15) is 0 Å². The maximum Gasteiger partial charge on any atom is 0.303 e. The van der Waals surface area contributed by atoms with Crippen LogP contribution in [0.2, 0.25) is 0 Å². The summed E-state index contributed by atoms with van der Waals surface area (Å²) in [6.45, 7) is 3.32. The zero-order valence-corrected chi connectivity index (χ0v) is 12.0. The van der Waals surface area contributed by atoms with Crippen molar-refractivity contribution < 1.29 is 14.7 Å². The van der Waals surface area contributed by atoms with Crippen molar-refractivity contribution in [3.05, 3.63) is 16.6 Å². The highest BCUT2D eigenvalue weighted by molar-refractivity contribution is 7.09. The van der Waals surface area contributed by atoms with E-state index in [4.69, 9.17) is 5.11 Å². The van der Waals surface area contributed by atoms with Crippen molar-refractivity contribution in [2.24, 2.45) is 0 Å². The lowest BCUT2D eigenvalue weighted by Gasteiger charge is -2.20. The molecule has 0 aliphatic heterocycles. The SMILES string of the molecule is CCN(CCc1nccs1)C(=O)CCCCC(=O)O. The van der Waals surface area contributed by atoms with Crippen LogP contribution in [-0.4, -0.2) is 40.0 Å². The number of carbonyl (C=O) groups is 2. The summed E-state index contributed by atoms with van der Waals surface area (Å²) in [5.74, 6) is -0.701. The molecule has 0 atom stereocenters. The highest BCUT2D eigenvalue weighted by Gasteiger charge is 2.12. The van der Waals surface area contributed by atoms with E-state index in [1.54, 1.807) is 17.5 Å². The molecule has 0 aliphatic rings. The van der Waals surface area contributed by atoms with Crippen molar-refractivity contribution in [2.75, 3.05) is 13.1 Å². The highest BCUT2D eigenvalue weighted by atomic mass is 32.1. The minimum absolute atomic E-state index is 0.101. The molecule has 0 radical (unpaired) electrons. The van der Waals surface area contributed by atoms with E-state index in [0.717, 1.165) is 11.4 Å². The monoisotopic (exact) mass is 284 g/mol. The van der Waals surface area contributed by atoms with Gasteiger partial charge in [0.05, 0.1) is 5.01 Å². The fourth-order valence-electron chi connectivity index (χ4n) is 1.78. The van der Waals surface area contributed by atoms with Crippen LogP contribution in [0.25, 0.3) is 0 Å². The van der Waals surface area contributed by atoms with E-state index in [-0.39, 0.29) is 12.3 Å². The van der Waals surface area contributed by atoms with Gasteiger partial charge in [-0.1, -0.05) is 0 Å². The molecule has 1 amide bonds. The van der Waals surface area contributed by atoms with Crippen LogP contribution in [0.4, 0.5) is 0 Å². The minimum atomic E-state index is -0.802. The molecule has 0 unspecified atom stereocenters. The van der Waals surface area contributed by atoms with Gasteiger partial charge in [0.25, 0.3) is 0 Å². The second-order valence-electron chi connectivity index (χ2n) is 4.25. The number of amides is 1. The quantitative estimate of drug-likeness (QED) is 0.706. The first-order valence-corrected chi connectivity index (χ1v) is 7.39. The lowest BCUT2D eigenvalue weighted by Crippen LogP contribution is -2.32. The number of aromatic nitrogens is 1. The first kappa shape index (κ1) is 15.6. The summed E-state index contributed by atoms with van der Waals surface area (Å²) < 4.78 is 0. The Bertz CT molecular complexity index is 393. The minimum Gasteiger partial charge on any atom is -0.481 e. The number of carbonyl (C=O) groups excluding carboxylic acids is 1. The number of hydrogen-bond donors (Lipinski definition) is 1. The van der Waals surface area contributed by atoms with Crippen molar-refractivity contribution in [1.82, 2.24) is 9.88 Å². The molecule has 1 N–H and O–H groups in total. The lowest BCUT2D eigenvalue weighted by atomic mass is 10.2. The van der Waals surface area contributed by atoms with Gasteiger partial charge in [-0.15, -0.1) is 11.3 Å². The smallest absolute Gasteiger partial charge is 0.303 e.